The van der Waals surface area contributed by atoms with Crippen molar-refractivity contribution >= 4 is 29.7 Å². The first kappa shape index (κ1) is 29.6. The van der Waals surface area contributed by atoms with Gasteiger partial charge >= 0.3 is 6.09 Å². The summed E-state index contributed by atoms with van der Waals surface area (Å²) in [6.45, 7) is 14.5. The standard InChI is InChI=1S/C25H41N3O5S/c1-16(2)28(22(31)19(13-14-34-9)26-23(32)33-25(6,7)8)20(21(30)27-24(3,4)5)17-11-10-12-18(29)15-17/h10-12,15-16,19-20,29H,13-14H2,1-9H3,(H,26,32)(H,27,30). The third kappa shape index (κ3) is 9.83. The highest BCUT2D eigenvalue weighted by Gasteiger charge is 2.38. The number of nitrogens with one attached hydrogen (secondary N) is 2. The van der Waals surface area contributed by atoms with Gasteiger partial charge < -0.3 is 25.4 Å². The first-order valence-corrected chi connectivity index (χ1v) is 12.9. The first-order chi connectivity index (χ1) is 15.6. The van der Waals surface area contributed by atoms with E-state index in [0.717, 1.165) is 0 Å². The van der Waals surface area contributed by atoms with Crippen LogP contribution in [-0.4, -0.2) is 63.1 Å². The van der Waals surface area contributed by atoms with Crippen molar-refractivity contribution in [3.8, 4) is 5.75 Å². The molecular formula is C25H41N3O5S. The van der Waals surface area contributed by atoms with E-state index < -0.39 is 35.2 Å². The largest absolute Gasteiger partial charge is 0.508 e. The number of hydrogen-bond acceptors (Lipinski definition) is 6. The number of ether oxygens (including phenoxy) is 1. The van der Waals surface area contributed by atoms with Gasteiger partial charge in [0.05, 0.1) is 0 Å². The minimum absolute atomic E-state index is 0.00646. The van der Waals surface area contributed by atoms with E-state index in [1.54, 1.807) is 44.7 Å². The Labute approximate surface area is 208 Å². The van der Waals surface area contributed by atoms with E-state index in [1.165, 1.54) is 17.0 Å². The van der Waals surface area contributed by atoms with Crippen molar-refractivity contribution in [2.45, 2.75) is 91.1 Å². The van der Waals surface area contributed by atoms with Gasteiger partial charge in [0.25, 0.3) is 0 Å². The summed E-state index contributed by atoms with van der Waals surface area (Å²) in [5.41, 5.74) is -0.777. The summed E-state index contributed by atoms with van der Waals surface area (Å²) in [6, 6.07) is 4.07. The molecule has 192 valence electrons. The van der Waals surface area contributed by atoms with Crippen LogP contribution in [0.15, 0.2) is 24.3 Å². The zero-order chi connectivity index (χ0) is 26.3. The first-order valence-electron chi connectivity index (χ1n) is 11.5. The minimum Gasteiger partial charge on any atom is -0.508 e. The molecule has 1 aromatic rings. The van der Waals surface area contributed by atoms with E-state index in [1.807, 2.05) is 40.9 Å². The lowest BCUT2D eigenvalue weighted by molar-refractivity contribution is -0.145. The van der Waals surface area contributed by atoms with Crippen LogP contribution >= 0.6 is 11.8 Å². The fraction of sp³-hybridized carbons (Fsp3) is 0.640. The Hall–Kier alpha value is -2.42. The van der Waals surface area contributed by atoms with Gasteiger partial charge in [-0.15, -0.1) is 0 Å². The summed E-state index contributed by atoms with van der Waals surface area (Å²) in [7, 11) is 0. The number of phenols is 1. The number of carbonyl (C=O) groups is 3. The van der Waals surface area contributed by atoms with Gasteiger partial charge in [0, 0.05) is 11.6 Å². The van der Waals surface area contributed by atoms with E-state index in [4.69, 9.17) is 4.74 Å². The highest BCUT2D eigenvalue weighted by atomic mass is 32.2. The Morgan fingerprint density at radius 3 is 2.21 bits per heavy atom. The van der Waals surface area contributed by atoms with Crippen molar-refractivity contribution in [2.75, 3.05) is 12.0 Å². The molecule has 2 atom stereocenters. The molecule has 0 aliphatic carbocycles. The molecule has 3 N–H and O–H groups in total. The number of amides is 3. The number of phenolic OH excluding ortho intramolecular Hbond substituents is 1. The summed E-state index contributed by atoms with van der Waals surface area (Å²) in [4.78, 5) is 41.3. The Morgan fingerprint density at radius 2 is 1.74 bits per heavy atom. The topological polar surface area (TPSA) is 108 Å². The molecule has 9 heteroatoms. The van der Waals surface area contributed by atoms with Crippen molar-refractivity contribution < 1.29 is 24.2 Å². The van der Waals surface area contributed by atoms with Crippen molar-refractivity contribution in [1.82, 2.24) is 15.5 Å². The molecular weight excluding hydrogens is 454 g/mol. The number of nitrogens with zero attached hydrogens (tertiary/aromatic N) is 1. The monoisotopic (exact) mass is 495 g/mol. The molecule has 0 aromatic heterocycles. The van der Waals surface area contributed by atoms with Gasteiger partial charge in [-0.1, -0.05) is 12.1 Å². The van der Waals surface area contributed by atoms with Gasteiger partial charge in [0.1, 0.15) is 23.4 Å². The van der Waals surface area contributed by atoms with Crippen LogP contribution in [0.5, 0.6) is 5.75 Å². The van der Waals surface area contributed by atoms with Gasteiger partial charge in [0.15, 0.2) is 0 Å². The molecule has 0 aliphatic heterocycles. The van der Waals surface area contributed by atoms with Crippen LogP contribution < -0.4 is 10.6 Å². The lowest BCUT2D eigenvalue weighted by atomic mass is 9.99. The number of thioether (sulfide) groups is 1. The van der Waals surface area contributed by atoms with Crippen molar-refractivity contribution in [2.24, 2.45) is 0 Å². The molecule has 0 radical (unpaired) electrons. The molecule has 0 heterocycles. The summed E-state index contributed by atoms with van der Waals surface area (Å²) >= 11 is 1.55. The molecule has 0 fully saturated rings. The molecule has 0 spiro atoms. The number of hydrogen-bond donors (Lipinski definition) is 3. The third-order valence-electron chi connectivity index (χ3n) is 4.62. The smallest absolute Gasteiger partial charge is 0.408 e. The molecule has 1 aromatic carbocycles. The van der Waals surface area contributed by atoms with E-state index in [0.29, 0.717) is 17.7 Å². The summed E-state index contributed by atoms with van der Waals surface area (Å²) in [6.07, 6.45) is 1.60. The highest BCUT2D eigenvalue weighted by Crippen LogP contribution is 2.28. The zero-order valence-electron chi connectivity index (χ0n) is 21.9. The SMILES string of the molecule is CSCCC(NC(=O)OC(C)(C)C)C(=O)N(C(C)C)C(C(=O)NC(C)(C)C)c1cccc(O)c1. The predicted molar refractivity (Wildman–Crippen MR) is 137 cm³/mol. The normalized spacial score (nSPS) is 13.7. The van der Waals surface area contributed by atoms with E-state index in [9.17, 15) is 19.5 Å². The van der Waals surface area contributed by atoms with Crippen LogP contribution in [0.4, 0.5) is 4.79 Å². The predicted octanol–water partition coefficient (Wildman–Crippen LogP) is 4.23. The highest BCUT2D eigenvalue weighted by molar-refractivity contribution is 7.98. The van der Waals surface area contributed by atoms with Crippen molar-refractivity contribution in [3.05, 3.63) is 29.8 Å². The Bertz CT molecular complexity index is 846. The summed E-state index contributed by atoms with van der Waals surface area (Å²) < 4.78 is 5.37. The molecule has 2 unspecified atom stereocenters. The van der Waals surface area contributed by atoms with E-state index in [2.05, 4.69) is 10.6 Å². The maximum Gasteiger partial charge on any atom is 0.408 e. The zero-order valence-corrected chi connectivity index (χ0v) is 22.7. The van der Waals surface area contributed by atoms with Crippen molar-refractivity contribution in [3.63, 3.8) is 0 Å². The van der Waals surface area contributed by atoms with E-state index >= 15 is 0 Å². The Kier molecular flexibility index (Phi) is 10.7. The number of benzene rings is 1. The number of rotatable bonds is 9. The maximum absolute atomic E-state index is 13.9. The van der Waals surface area contributed by atoms with Crippen molar-refractivity contribution in [1.29, 1.82) is 0 Å². The molecule has 0 aliphatic rings. The average molecular weight is 496 g/mol. The molecule has 3 amide bonds. The number of aromatic hydroxyl groups is 1. The Morgan fingerprint density at radius 1 is 1.12 bits per heavy atom. The van der Waals surface area contributed by atoms with Crippen LogP contribution in [0.1, 0.15) is 73.4 Å². The molecule has 0 bridgehead atoms. The van der Waals surface area contributed by atoms with Gasteiger partial charge in [-0.05, 0) is 91.5 Å². The quantitative estimate of drug-likeness (QED) is 0.473. The minimum atomic E-state index is -1.00. The fourth-order valence-electron chi connectivity index (χ4n) is 3.37. The van der Waals surface area contributed by atoms with Crippen LogP contribution in [0.2, 0.25) is 0 Å². The van der Waals surface area contributed by atoms with Gasteiger partial charge in [-0.3, -0.25) is 9.59 Å². The molecule has 0 saturated heterocycles. The third-order valence-corrected chi connectivity index (χ3v) is 5.27. The van der Waals surface area contributed by atoms with Crippen LogP contribution in [-0.2, 0) is 14.3 Å². The van der Waals surface area contributed by atoms with Gasteiger partial charge in [0.2, 0.25) is 11.8 Å². The maximum atomic E-state index is 13.9. The lowest BCUT2D eigenvalue weighted by Gasteiger charge is -2.38. The average Bonchev–Trinajstić information content (AvgIpc) is 2.65. The molecule has 8 nitrogen and oxygen atoms in total. The second-order valence-corrected chi connectivity index (χ2v) is 11.5. The van der Waals surface area contributed by atoms with Crippen LogP contribution in [0, 0.1) is 0 Å². The second-order valence-electron chi connectivity index (χ2n) is 10.6. The molecule has 34 heavy (non-hydrogen) atoms. The summed E-state index contributed by atoms with van der Waals surface area (Å²) in [5, 5.41) is 15.7. The van der Waals surface area contributed by atoms with Crippen LogP contribution in [0.3, 0.4) is 0 Å². The van der Waals surface area contributed by atoms with E-state index in [-0.39, 0.29) is 17.7 Å². The number of alkyl carbamates (subject to hydrolysis) is 1. The summed E-state index contributed by atoms with van der Waals surface area (Å²) in [5.74, 6) is -0.148. The number of carbonyl (C=O) groups excluding carboxylic acids is 3. The van der Waals surface area contributed by atoms with Gasteiger partial charge in [-0.2, -0.15) is 11.8 Å². The molecule has 1 rings (SSSR count). The lowest BCUT2D eigenvalue weighted by Crippen LogP contribution is -2.56. The fourth-order valence-corrected chi connectivity index (χ4v) is 3.85. The van der Waals surface area contributed by atoms with Gasteiger partial charge in [-0.25, -0.2) is 4.79 Å². The second kappa shape index (κ2) is 12.3. The molecule has 0 saturated carbocycles. The Balaban J connectivity index is 3.45. The van der Waals surface area contributed by atoms with Crippen LogP contribution in [0.25, 0.3) is 0 Å².